The topological polar surface area (TPSA) is 12.0 Å². The van der Waals surface area contributed by atoms with Crippen LogP contribution in [0.4, 0.5) is 0 Å². The number of nitrogens with one attached hydrogen (secondary N) is 1. The highest BCUT2D eigenvalue weighted by Crippen LogP contribution is 2.28. The molecular weight excluding hydrogens is 178 g/mol. The summed E-state index contributed by atoms with van der Waals surface area (Å²) in [6.45, 7) is 3.45. The van der Waals surface area contributed by atoms with E-state index in [1.807, 2.05) is 11.8 Å². The largest absolute Gasteiger partial charge is 0.314 e. The number of hydrogen-bond acceptors (Lipinski definition) is 2. The van der Waals surface area contributed by atoms with Crippen LogP contribution in [0, 0.1) is 5.92 Å². The van der Waals surface area contributed by atoms with E-state index in [4.69, 9.17) is 0 Å². The van der Waals surface area contributed by atoms with Crippen LogP contribution in [0.1, 0.15) is 39.0 Å². The molecule has 0 amide bonds. The molecule has 1 saturated carbocycles. The molecule has 2 atom stereocenters. The first-order valence-corrected chi connectivity index (χ1v) is 6.98. The van der Waals surface area contributed by atoms with E-state index in [1.165, 1.54) is 44.4 Å². The summed E-state index contributed by atoms with van der Waals surface area (Å²) < 4.78 is 0. The highest BCUT2D eigenvalue weighted by Gasteiger charge is 2.23. The Morgan fingerprint density at radius 2 is 2.23 bits per heavy atom. The van der Waals surface area contributed by atoms with Gasteiger partial charge in [0.05, 0.1) is 0 Å². The normalized spacial score (nSPS) is 28.2. The van der Waals surface area contributed by atoms with Gasteiger partial charge in [-0.25, -0.2) is 0 Å². The molecule has 0 aliphatic heterocycles. The molecule has 0 heterocycles. The van der Waals surface area contributed by atoms with Gasteiger partial charge in [0.25, 0.3) is 0 Å². The second kappa shape index (κ2) is 6.72. The minimum Gasteiger partial charge on any atom is -0.314 e. The summed E-state index contributed by atoms with van der Waals surface area (Å²) >= 11 is 1.99. The van der Waals surface area contributed by atoms with Gasteiger partial charge in [-0.2, -0.15) is 11.8 Å². The van der Waals surface area contributed by atoms with Crippen LogP contribution >= 0.6 is 11.8 Å². The third-order valence-electron chi connectivity index (χ3n) is 2.95. The summed E-state index contributed by atoms with van der Waals surface area (Å²) in [7, 11) is 0. The molecule has 0 radical (unpaired) electrons. The summed E-state index contributed by atoms with van der Waals surface area (Å²) in [5, 5.41) is 3.63. The van der Waals surface area contributed by atoms with Gasteiger partial charge in [0.15, 0.2) is 0 Å². The van der Waals surface area contributed by atoms with Crippen LogP contribution in [0.3, 0.4) is 0 Å². The predicted molar refractivity (Wildman–Crippen MR) is 62.4 cm³/mol. The Morgan fingerprint density at radius 1 is 1.38 bits per heavy atom. The number of thioether (sulfide) groups is 1. The van der Waals surface area contributed by atoms with Gasteiger partial charge >= 0.3 is 0 Å². The lowest BCUT2D eigenvalue weighted by Crippen LogP contribution is -2.27. The highest BCUT2D eigenvalue weighted by molar-refractivity contribution is 7.98. The van der Waals surface area contributed by atoms with Crippen LogP contribution in [0.15, 0.2) is 0 Å². The minimum atomic E-state index is 0.840. The van der Waals surface area contributed by atoms with Crippen LogP contribution in [-0.4, -0.2) is 24.6 Å². The van der Waals surface area contributed by atoms with Crippen LogP contribution in [0.5, 0.6) is 0 Å². The molecular formula is C11H23NS. The van der Waals surface area contributed by atoms with Gasteiger partial charge in [-0.1, -0.05) is 6.92 Å². The zero-order chi connectivity index (χ0) is 9.52. The summed E-state index contributed by atoms with van der Waals surface area (Å²) in [6, 6.07) is 0.840. The Labute approximate surface area is 87.1 Å². The molecule has 0 saturated heterocycles. The highest BCUT2D eigenvalue weighted by atomic mass is 32.2. The second-order valence-corrected chi connectivity index (χ2v) is 5.10. The summed E-state index contributed by atoms with van der Waals surface area (Å²) in [4.78, 5) is 0. The van der Waals surface area contributed by atoms with E-state index >= 15 is 0 Å². The maximum Gasteiger partial charge on any atom is 0.00698 e. The van der Waals surface area contributed by atoms with Gasteiger partial charge in [0.2, 0.25) is 0 Å². The molecule has 0 bridgehead atoms. The van der Waals surface area contributed by atoms with Crippen molar-refractivity contribution < 1.29 is 0 Å². The van der Waals surface area contributed by atoms with Gasteiger partial charge in [0, 0.05) is 6.04 Å². The molecule has 1 nitrogen and oxygen atoms in total. The molecule has 2 unspecified atom stereocenters. The van der Waals surface area contributed by atoms with Crippen LogP contribution in [0.25, 0.3) is 0 Å². The molecule has 13 heavy (non-hydrogen) atoms. The average Bonchev–Trinajstić information content (AvgIpc) is 2.59. The van der Waals surface area contributed by atoms with E-state index in [-0.39, 0.29) is 0 Å². The lowest BCUT2D eigenvalue weighted by atomic mass is 10.1. The van der Waals surface area contributed by atoms with Crippen molar-refractivity contribution in [1.29, 1.82) is 0 Å². The van der Waals surface area contributed by atoms with E-state index < -0.39 is 0 Å². The first kappa shape index (κ1) is 11.4. The zero-order valence-electron chi connectivity index (χ0n) is 9.01. The van der Waals surface area contributed by atoms with Crippen molar-refractivity contribution in [2.24, 2.45) is 5.92 Å². The summed E-state index contributed by atoms with van der Waals surface area (Å²) in [5.41, 5.74) is 0. The van der Waals surface area contributed by atoms with Gasteiger partial charge in [-0.05, 0) is 56.6 Å². The molecule has 0 spiro atoms. The molecule has 0 aromatic carbocycles. The molecule has 1 fully saturated rings. The van der Waals surface area contributed by atoms with Crippen LogP contribution in [0.2, 0.25) is 0 Å². The molecule has 1 N–H and O–H groups in total. The molecule has 1 aliphatic rings. The quantitative estimate of drug-likeness (QED) is 0.709. The number of hydrogen-bond donors (Lipinski definition) is 1. The van der Waals surface area contributed by atoms with Crippen LogP contribution < -0.4 is 5.32 Å². The van der Waals surface area contributed by atoms with Gasteiger partial charge in [-0.15, -0.1) is 0 Å². The molecule has 1 rings (SSSR count). The van der Waals surface area contributed by atoms with E-state index in [9.17, 15) is 0 Å². The molecule has 2 heteroatoms. The monoisotopic (exact) mass is 201 g/mol. The molecule has 0 aromatic rings. The molecule has 78 valence electrons. The van der Waals surface area contributed by atoms with Crippen molar-refractivity contribution in [2.75, 3.05) is 18.6 Å². The Balaban J connectivity index is 2.05. The van der Waals surface area contributed by atoms with Crippen molar-refractivity contribution in [3.05, 3.63) is 0 Å². The Morgan fingerprint density at radius 3 is 2.92 bits per heavy atom. The van der Waals surface area contributed by atoms with E-state index in [2.05, 4.69) is 18.5 Å². The van der Waals surface area contributed by atoms with Crippen molar-refractivity contribution >= 4 is 11.8 Å². The lowest BCUT2D eigenvalue weighted by Gasteiger charge is -2.12. The van der Waals surface area contributed by atoms with E-state index in [1.54, 1.807) is 0 Å². The van der Waals surface area contributed by atoms with E-state index in [0.717, 1.165) is 12.0 Å². The maximum absolute atomic E-state index is 3.63. The van der Waals surface area contributed by atoms with E-state index in [0.29, 0.717) is 0 Å². The van der Waals surface area contributed by atoms with Gasteiger partial charge < -0.3 is 5.32 Å². The van der Waals surface area contributed by atoms with Gasteiger partial charge in [-0.3, -0.25) is 0 Å². The van der Waals surface area contributed by atoms with Crippen molar-refractivity contribution in [1.82, 2.24) is 5.32 Å². The molecule has 0 aromatic heterocycles. The first-order chi connectivity index (χ1) is 6.36. The molecule has 1 aliphatic carbocycles. The maximum atomic E-state index is 3.63. The zero-order valence-corrected chi connectivity index (χ0v) is 9.83. The lowest BCUT2D eigenvalue weighted by molar-refractivity contribution is 0.479. The van der Waals surface area contributed by atoms with Crippen LogP contribution in [-0.2, 0) is 0 Å². The Kier molecular flexibility index (Phi) is 5.88. The summed E-state index contributed by atoms with van der Waals surface area (Å²) in [6.07, 6.45) is 9.22. The summed E-state index contributed by atoms with van der Waals surface area (Å²) in [5.74, 6) is 2.37. The van der Waals surface area contributed by atoms with Crippen molar-refractivity contribution in [3.8, 4) is 0 Å². The number of rotatable bonds is 6. The smallest absolute Gasteiger partial charge is 0.00698 e. The Bertz CT molecular complexity index is 113. The predicted octanol–water partition coefficient (Wildman–Crippen LogP) is 2.91. The van der Waals surface area contributed by atoms with Crippen molar-refractivity contribution in [3.63, 3.8) is 0 Å². The van der Waals surface area contributed by atoms with Crippen molar-refractivity contribution in [2.45, 2.75) is 45.1 Å². The van der Waals surface area contributed by atoms with Gasteiger partial charge in [0.1, 0.15) is 0 Å². The first-order valence-electron chi connectivity index (χ1n) is 5.59. The fourth-order valence-electron chi connectivity index (χ4n) is 2.16. The average molecular weight is 201 g/mol. The minimum absolute atomic E-state index is 0.840. The Hall–Kier alpha value is 0.310. The fourth-order valence-corrected chi connectivity index (χ4v) is 2.72. The SMILES string of the molecule is CCCNC1CCC(CCSC)C1. The second-order valence-electron chi connectivity index (χ2n) is 4.11. The third kappa shape index (κ3) is 4.37. The third-order valence-corrected chi connectivity index (χ3v) is 3.60. The standard InChI is InChI=1S/C11H23NS/c1-3-7-12-11-5-4-10(9-11)6-8-13-2/h10-12H,3-9H2,1-2H3. The fraction of sp³-hybridized carbons (Fsp3) is 1.00.